The summed E-state index contributed by atoms with van der Waals surface area (Å²) in [6, 6.07) is 10.9. The normalized spacial score (nSPS) is 20.1. The lowest BCUT2D eigenvalue weighted by Crippen LogP contribution is -2.50. The summed E-state index contributed by atoms with van der Waals surface area (Å²) < 4.78 is 5.23. The van der Waals surface area contributed by atoms with E-state index in [9.17, 15) is 0 Å². The van der Waals surface area contributed by atoms with Gasteiger partial charge in [-0.25, -0.2) is 4.99 Å². The van der Waals surface area contributed by atoms with Crippen molar-refractivity contribution in [1.82, 2.24) is 10.9 Å². The number of aliphatic imine (C=N–C) groups is 1. The lowest BCUT2D eigenvalue weighted by atomic mass is 10.0. The van der Waals surface area contributed by atoms with E-state index in [1.54, 1.807) is 19.2 Å². The van der Waals surface area contributed by atoms with Crippen molar-refractivity contribution in [2.45, 2.75) is 5.79 Å². The minimum Gasteiger partial charge on any atom is -0.497 e. The fraction of sp³-hybridized carbons (Fsp3) is 0.133. The van der Waals surface area contributed by atoms with E-state index in [-0.39, 0.29) is 5.96 Å². The predicted octanol–water partition coefficient (Wildman–Crippen LogP) is 2.16. The molecular formula is C15H15Cl2N5O. The molecule has 0 saturated carbocycles. The number of guanidine groups is 1. The first-order valence-electron chi connectivity index (χ1n) is 6.74. The van der Waals surface area contributed by atoms with Crippen LogP contribution >= 0.6 is 23.2 Å². The largest absolute Gasteiger partial charge is 0.497 e. The van der Waals surface area contributed by atoms with Crippen molar-refractivity contribution < 1.29 is 4.74 Å². The second-order valence-corrected chi connectivity index (χ2v) is 5.87. The molecule has 0 spiro atoms. The number of methoxy groups -OCH3 is 1. The first-order valence-corrected chi connectivity index (χ1v) is 7.50. The van der Waals surface area contributed by atoms with Gasteiger partial charge in [-0.3, -0.25) is 11.2 Å². The minimum atomic E-state index is -1.22. The van der Waals surface area contributed by atoms with E-state index in [1.165, 1.54) is 0 Å². The van der Waals surface area contributed by atoms with E-state index in [0.29, 0.717) is 26.9 Å². The third kappa shape index (κ3) is 2.94. The van der Waals surface area contributed by atoms with E-state index in [0.717, 1.165) is 5.56 Å². The van der Waals surface area contributed by atoms with Crippen LogP contribution in [-0.4, -0.2) is 13.1 Å². The minimum absolute atomic E-state index is 0.191. The molecule has 6 N–H and O–H groups in total. The maximum Gasteiger partial charge on any atom is 0.209 e. The third-order valence-electron chi connectivity index (χ3n) is 3.52. The van der Waals surface area contributed by atoms with Crippen molar-refractivity contribution in [2.24, 2.45) is 16.5 Å². The van der Waals surface area contributed by atoms with Gasteiger partial charge < -0.3 is 10.5 Å². The van der Waals surface area contributed by atoms with Crippen molar-refractivity contribution in [3.8, 4) is 16.9 Å². The number of ether oxygens (including phenoxy) is 1. The molecule has 1 aliphatic heterocycles. The maximum absolute atomic E-state index is 6.43. The SMILES string of the molecule is COc1cccc(-c2c(Cl)cc(C3(N)N=C(N)NN3)cc2Cl)c1. The number of halogens is 2. The Morgan fingerprint density at radius 2 is 1.87 bits per heavy atom. The van der Waals surface area contributed by atoms with E-state index < -0.39 is 5.79 Å². The van der Waals surface area contributed by atoms with Gasteiger partial charge in [-0.05, 0) is 29.8 Å². The molecule has 1 unspecified atom stereocenters. The molecule has 0 radical (unpaired) electrons. The molecule has 0 amide bonds. The zero-order valence-corrected chi connectivity index (χ0v) is 13.7. The molecule has 0 aromatic heterocycles. The molecule has 120 valence electrons. The Balaban J connectivity index is 2.08. The molecule has 2 aromatic carbocycles. The van der Waals surface area contributed by atoms with Crippen molar-refractivity contribution >= 4 is 29.2 Å². The van der Waals surface area contributed by atoms with Gasteiger partial charge in [0.05, 0.1) is 17.2 Å². The van der Waals surface area contributed by atoms with Crippen LogP contribution in [0.15, 0.2) is 41.4 Å². The second kappa shape index (κ2) is 5.90. The Hall–Kier alpha value is -1.99. The van der Waals surface area contributed by atoms with Crippen molar-refractivity contribution in [3.05, 3.63) is 52.0 Å². The smallest absolute Gasteiger partial charge is 0.209 e. The third-order valence-corrected chi connectivity index (χ3v) is 4.11. The summed E-state index contributed by atoms with van der Waals surface area (Å²) >= 11 is 12.9. The zero-order chi connectivity index (χ0) is 16.6. The average molecular weight is 352 g/mol. The van der Waals surface area contributed by atoms with Crippen LogP contribution in [0.3, 0.4) is 0 Å². The Morgan fingerprint density at radius 3 is 2.43 bits per heavy atom. The Labute approximate surface area is 143 Å². The Morgan fingerprint density at radius 1 is 1.17 bits per heavy atom. The molecule has 0 fully saturated rings. The van der Waals surface area contributed by atoms with Gasteiger partial charge in [0.2, 0.25) is 11.7 Å². The summed E-state index contributed by atoms with van der Waals surface area (Å²) in [4.78, 5) is 4.12. The summed E-state index contributed by atoms with van der Waals surface area (Å²) in [7, 11) is 1.60. The number of hydrogen-bond donors (Lipinski definition) is 4. The van der Waals surface area contributed by atoms with Crippen molar-refractivity contribution in [3.63, 3.8) is 0 Å². The highest BCUT2D eigenvalue weighted by Crippen LogP contribution is 2.38. The number of nitrogens with two attached hydrogens (primary N) is 2. The van der Waals surface area contributed by atoms with Crippen molar-refractivity contribution in [2.75, 3.05) is 7.11 Å². The maximum atomic E-state index is 6.43. The fourth-order valence-electron chi connectivity index (χ4n) is 2.39. The van der Waals surface area contributed by atoms with Crippen LogP contribution in [0, 0.1) is 0 Å². The molecule has 3 rings (SSSR count). The summed E-state index contributed by atoms with van der Waals surface area (Å²) in [5.74, 6) is -0.311. The first-order chi connectivity index (χ1) is 10.9. The number of hydrazine groups is 1. The molecule has 2 aromatic rings. The molecule has 8 heteroatoms. The van der Waals surface area contributed by atoms with Gasteiger partial charge >= 0.3 is 0 Å². The summed E-state index contributed by atoms with van der Waals surface area (Å²) in [6.07, 6.45) is 0. The molecule has 0 saturated heterocycles. The second-order valence-electron chi connectivity index (χ2n) is 5.06. The predicted molar refractivity (Wildman–Crippen MR) is 92.2 cm³/mol. The fourth-order valence-corrected chi connectivity index (χ4v) is 3.09. The number of benzene rings is 2. The molecule has 1 aliphatic rings. The van der Waals surface area contributed by atoms with Crippen LogP contribution in [0.1, 0.15) is 5.56 Å². The lowest BCUT2D eigenvalue weighted by molar-refractivity contribution is 0.375. The molecule has 1 heterocycles. The van der Waals surface area contributed by atoms with Crippen LogP contribution in [0.25, 0.3) is 11.1 Å². The van der Waals surface area contributed by atoms with Gasteiger partial charge in [0.1, 0.15) is 5.75 Å². The standard InChI is InChI=1S/C15H15Cl2N5O/c1-23-10-4-2-3-8(5-10)13-11(16)6-9(7-12(13)17)15(19)20-14(18)21-22-15/h2-7,22H,19H2,1H3,(H3,18,20,21). The number of nitrogens with zero attached hydrogens (tertiary/aromatic N) is 1. The summed E-state index contributed by atoms with van der Waals surface area (Å²) in [5, 5.41) is 0.904. The quantitative estimate of drug-likeness (QED) is 0.679. The van der Waals surface area contributed by atoms with E-state index in [4.69, 9.17) is 39.4 Å². The van der Waals surface area contributed by atoms with E-state index >= 15 is 0 Å². The molecule has 1 atom stereocenters. The zero-order valence-electron chi connectivity index (χ0n) is 12.2. The van der Waals surface area contributed by atoms with Crippen LogP contribution in [0.5, 0.6) is 5.75 Å². The molecule has 6 nitrogen and oxygen atoms in total. The topological polar surface area (TPSA) is 97.7 Å². The lowest BCUT2D eigenvalue weighted by Gasteiger charge is -2.22. The van der Waals surface area contributed by atoms with Crippen LogP contribution in [0.4, 0.5) is 0 Å². The molecular weight excluding hydrogens is 337 g/mol. The summed E-state index contributed by atoms with van der Waals surface area (Å²) in [6.45, 7) is 0. The van der Waals surface area contributed by atoms with Gasteiger partial charge in [0.25, 0.3) is 0 Å². The van der Waals surface area contributed by atoms with Gasteiger partial charge in [-0.2, -0.15) is 5.43 Å². The highest BCUT2D eigenvalue weighted by molar-refractivity contribution is 6.39. The van der Waals surface area contributed by atoms with Gasteiger partial charge in [-0.15, -0.1) is 0 Å². The monoisotopic (exact) mass is 351 g/mol. The van der Waals surface area contributed by atoms with E-state index in [1.807, 2.05) is 24.3 Å². The van der Waals surface area contributed by atoms with Gasteiger partial charge in [0, 0.05) is 11.1 Å². The van der Waals surface area contributed by atoms with Crippen molar-refractivity contribution in [1.29, 1.82) is 0 Å². The molecule has 0 aliphatic carbocycles. The number of hydrogen-bond acceptors (Lipinski definition) is 6. The van der Waals surface area contributed by atoms with Gasteiger partial charge in [-0.1, -0.05) is 35.3 Å². The van der Waals surface area contributed by atoms with E-state index in [2.05, 4.69) is 15.8 Å². The Bertz CT molecular complexity index is 772. The highest BCUT2D eigenvalue weighted by Gasteiger charge is 2.32. The number of rotatable bonds is 3. The average Bonchev–Trinajstić information content (AvgIpc) is 2.87. The van der Waals surface area contributed by atoms with Crippen LogP contribution in [-0.2, 0) is 5.79 Å². The van der Waals surface area contributed by atoms with Crippen LogP contribution in [0.2, 0.25) is 10.0 Å². The van der Waals surface area contributed by atoms with Gasteiger partial charge in [0.15, 0.2) is 0 Å². The Kier molecular flexibility index (Phi) is 4.08. The molecule has 23 heavy (non-hydrogen) atoms. The molecule has 0 bridgehead atoms. The first kappa shape index (κ1) is 15.9. The number of nitrogens with one attached hydrogen (secondary N) is 2. The van der Waals surface area contributed by atoms with Crippen LogP contribution < -0.4 is 27.1 Å². The highest BCUT2D eigenvalue weighted by atomic mass is 35.5. The summed E-state index contributed by atoms with van der Waals surface area (Å²) in [5.41, 5.74) is 19.3.